The highest BCUT2D eigenvalue weighted by molar-refractivity contribution is 6.33. The summed E-state index contributed by atoms with van der Waals surface area (Å²) in [5.74, 6) is -0.304. The third kappa shape index (κ3) is 3.21. The number of pyridine rings is 1. The molecule has 0 unspecified atom stereocenters. The number of carbonyl (C=O) groups excluding carboxylic acids is 2. The van der Waals surface area contributed by atoms with E-state index in [0.29, 0.717) is 29.8 Å². The molecule has 2 heterocycles. The highest BCUT2D eigenvalue weighted by Crippen LogP contribution is 2.42. The van der Waals surface area contributed by atoms with Crippen LogP contribution in [0.2, 0.25) is 5.02 Å². The van der Waals surface area contributed by atoms with E-state index >= 15 is 0 Å². The molecule has 3 aromatic rings. The maximum Gasteiger partial charge on any atom is 0.196 e. The zero-order valence-corrected chi connectivity index (χ0v) is 17.8. The lowest BCUT2D eigenvalue weighted by molar-refractivity contribution is 0.0278. The van der Waals surface area contributed by atoms with Crippen molar-refractivity contribution >= 4 is 23.2 Å². The normalized spacial score (nSPS) is 18.9. The summed E-state index contributed by atoms with van der Waals surface area (Å²) in [7, 11) is 0. The second-order valence-electron chi connectivity index (χ2n) is 8.01. The molecule has 1 fully saturated rings. The Balaban J connectivity index is 1.46. The number of rotatable bonds is 4. The lowest BCUT2D eigenvalue weighted by Crippen LogP contribution is -2.60. The van der Waals surface area contributed by atoms with Crippen LogP contribution in [-0.4, -0.2) is 52.5 Å². The van der Waals surface area contributed by atoms with Crippen LogP contribution < -0.4 is 0 Å². The molecule has 5 rings (SSSR count). The first-order valence-corrected chi connectivity index (χ1v) is 10.8. The van der Waals surface area contributed by atoms with Gasteiger partial charge in [-0.15, -0.1) is 0 Å². The van der Waals surface area contributed by atoms with Crippen molar-refractivity contribution in [1.82, 2.24) is 14.8 Å². The quantitative estimate of drug-likeness (QED) is 0.588. The number of halogens is 1. The summed E-state index contributed by atoms with van der Waals surface area (Å²) in [5, 5.41) is 0.758. The Morgan fingerprint density at radius 1 is 0.839 bits per heavy atom. The van der Waals surface area contributed by atoms with Crippen molar-refractivity contribution < 1.29 is 9.59 Å². The molecule has 0 N–H and O–H groups in total. The lowest BCUT2D eigenvalue weighted by atomic mass is 9.83. The summed E-state index contributed by atoms with van der Waals surface area (Å²) >= 11 is 6.33. The van der Waals surface area contributed by atoms with E-state index in [9.17, 15) is 9.59 Å². The predicted octanol–water partition coefficient (Wildman–Crippen LogP) is 3.83. The summed E-state index contributed by atoms with van der Waals surface area (Å²) < 4.78 is 0. The molecule has 2 aliphatic rings. The minimum Gasteiger partial charge on any atom is -0.296 e. The van der Waals surface area contributed by atoms with Gasteiger partial charge in [-0.3, -0.25) is 24.4 Å². The SMILES string of the molecule is O=C1c2ccccc2C(=O)C1(c1cccnc1)N1CCN(Cc2ccccc2Cl)CC1. The number of hydrogen-bond acceptors (Lipinski definition) is 5. The number of Topliss-reactive ketones (excluding diaryl/α,β-unsaturated/α-hetero) is 2. The van der Waals surface area contributed by atoms with Crippen molar-refractivity contribution in [2.75, 3.05) is 26.2 Å². The first-order chi connectivity index (χ1) is 15.1. The van der Waals surface area contributed by atoms with Gasteiger partial charge in [0.05, 0.1) is 0 Å². The molecule has 0 radical (unpaired) electrons. The Labute approximate surface area is 186 Å². The molecular weight excluding hydrogens is 410 g/mol. The zero-order valence-electron chi connectivity index (χ0n) is 17.0. The minimum atomic E-state index is -1.34. The predicted molar refractivity (Wildman–Crippen MR) is 119 cm³/mol. The Bertz CT molecular complexity index is 1110. The second kappa shape index (κ2) is 8.00. The molecule has 156 valence electrons. The molecule has 0 bridgehead atoms. The number of nitrogens with zero attached hydrogens (tertiary/aromatic N) is 3. The fraction of sp³-hybridized carbons (Fsp3) is 0.240. The average molecular weight is 432 g/mol. The van der Waals surface area contributed by atoms with Crippen LogP contribution in [0.25, 0.3) is 0 Å². The monoisotopic (exact) mass is 431 g/mol. The summed E-state index contributed by atoms with van der Waals surface area (Å²) in [6.07, 6.45) is 3.31. The summed E-state index contributed by atoms with van der Waals surface area (Å²) in [6.45, 7) is 3.43. The van der Waals surface area contributed by atoms with Crippen LogP contribution in [-0.2, 0) is 12.1 Å². The zero-order chi connectivity index (χ0) is 21.4. The molecule has 1 saturated heterocycles. The fourth-order valence-corrected chi connectivity index (χ4v) is 4.99. The highest BCUT2D eigenvalue weighted by atomic mass is 35.5. The van der Waals surface area contributed by atoms with Gasteiger partial charge in [0, 0.05) is 66.8 Å². The molecule has 0 amide bonds. The molecule has 0 spiro atoms. The minimum absolute atomic E-state index is 0.152. The number of ketones is 2. The number of hydrogen-bond donors (Lipinski definition) is 0. The number of piperazine rings is 1. The van der Waals surface area contributed by atoms with Crippen LogP contribution in [0.4, 0.5) is 0 Å². The molecule has 6 heteroatoms. The largest absolute Gasteiger partial charge is 0.296 e. The van der Waals surface area contributed by atoms with Crippen LogP contribution in [0.3, 0.4) is 0 Å². The van der Waals surface area contributed by atoms with Crippen molar-refractivity contribution in [3.63, 3.8) is 0 Å². The summed E-state index contributed by atoms with van der Waals surface area (Å²) in [5.41, 5.74) is 1.37. The van der Waals surface area contributed by atoms with Gasteiger partial charge in [0.1, 0.15) is 0 Å². The van der Waals surface area contributed by atoms with Gasteiger partial charge in [0.15, 0.2) is 17.1 Å². The van der Waals surface area contributed by atoms with Crippen molar-refractivity contribution in [3.8, 4) is 0 Å². The van der Waals surface area contributed by atoms with Crippen LogP contribution >= 0.6 is 11.6 Å². The van der Waals surface area contributed by atoms with E-state index in [0.717, 1.165) is 30.2 Å². The van der Waals surface area contributed by atoms with Gasteiger partial charge >= 0.3 is 0 Å². The second-order valence-corrected chi connectivity index (χ2v) is 8.42. The van der Waals surface area contributed by atoms with Crippen LogP contribution in [0, 0.1) is 0 Å². The van der Waals surface area contributed by atoms with E-state index in [1.54, 1.807) is 30.6 Å². The van der Waals surface area contributed by atoms with E-state index < -0.39 is 5.54 Å². The van der Waals surface area contributed by atoms with Gasteiger partial charge in [-0.2, -0.15) is 0 Å². The van der Waals surface area contributed by atoms with Crippen LogP contribution in [0.5, 0.6) is 0 Å². The smallest absolute Gasteiger partial charge is 0.196 e. The third-order valence-electron chi connectivity index (χ3n) is 6.35. The molecule has 1 aliphatic heterocycles. The maximum absolute atomic E-state index is 13.7. The summed E-state index contributed by atoms with van der Waals surface area (Å²) in [4.78, 5) is 36.0. The lowest BCUT2D eigenvalue weighted by Gasteiger charge is -2.44. The fourth-order valence-electron chi connectivity index (χ4n) is 4.79. The Morgan fingerprint density at radius 2 is 1.48 bits per heavy atom. The van der Waals surface area contributed by atoms with E-state index in [2.05, 4.69) is 9.88 Å². The van der Waals surface area contributed by atoms with Gasteiger partial charge in [-0.05, 0) is 17.7 Å². The maximum atomic E-state index is 13.7. The number of carbonyl (C=O) groups is 2. The third-order valence-corrected chi connectivity index (χ3v) is 6.72. The molecule has 0 atom stereocenters. The van der Waals surface area contributed by atoms with E-state index in [-0.39, 0.29) is 11.6 Å². The first-order valence-electron chi connectivity index (χ1n) is 10.4. The van der Waals surface area contributed by atoms with Gasteiger partial charge in [0.25, 0.3) is 0 Å². The summed E-state index contributed by atoms with van der Waals surface area (Å²) in [6, 6.07) is 18.6. The first kappa shape index (κ1) is 20.1. The van der Waals surface area contributed by atoms with Crippen molar-refractivity contribution in [2.45, 2.75) is 12.1 Å². The molecule has 0 saturated carbocycles. The Morgan fingerprint density at radius 3 is 2.10 bits per heavy atom. The Kier molecular flexibility index (Phi) is 5.18. The number of fused-ring (bicyclic) bond motifs is 1. The van der Waals surface area contributed by atoms with Gasteiger partial charge in [-0.25, -0.2) is 0 Å². The van der Waals surface area contributed by atoms with E-state index in [1.165, 1.54) is 0 Å². The highest BCUT2D eigenvalue weighted by Gasteiger charge is 2.58. The van der Waals surface area contributed by atoms with Crippen molar-refractivity contribution in [3.05, 3.63) is 100 Å². The molecular formula is C25H22ClN3O2. The van der Waals surface area contributed by atoms with Crippen LogP contribution in [0.15, 0.2) is 73.1 Å². The van der Waals surface area contributed by atoms with Crippen molar-refractivity contribution in [1.29, 1.82) is 0 Å². The molecule has 2 aromatic carbocycles. The van der Waals surface area contributed by atoms with Gasteiger partial charge in [-0.1, -0.05) is 60.1 Å². The number of benzene rings is 2. The van der Waals surface area contributed by atoms with Crippen molar-refractivity contribution in [2.24, 2.45) is 0 Å². The molecule has 1 aliphatic carbocycles. The molecule has 31 heavy (non-hydrogen) atoms. The van der Waals surface area contributed by atoms with Gasteiger partial charge < -0.3 is 0 Å². The van der Waals surface area contributed by atoms with Crippen LogP contribution in [0.1, 0.15) is 31.8 Å². The van der Waals surface area contributed by atoms with E-state index in [1.807, 2.05) is 47.4 Å². The molecule has 1 aromatic heterocycles. The van der Waals surface area contributed by atoms with E-state index in [4.69, 9.17) is 11.6 Å². The molecule has 5 nitrogen and oxygen atoms in total. The standard InChI is InChI=1S/C25H22ClN3O2/c26-22-10-4-1-6-18(22)17-28-12-14-29(15-13-28)25(19-7-5-11-27-16-19)23(30)20-8-2-3-9-21(20)24(25)31/h1-11,16H,12-15,17H2. The van der Waals surface area contributed by atoms with Gasteiger partial charge in [0.2, 0.25) is 0 Å². The Hall–Kier alpha value is -2.86. The average Bonchev–Trinajstić information content (AvgIpc) is 3.04. The topological polar surface area (TPSA) is 53.5 Å². The number of aromatic nitrogens is 1.